The molecule has 2 aromatic heterocycles. The number of pyridine rings is 1. The molecule has 0 aromatic carbocycles. The van der Waals surface area contributed by atoms with Gasteiger partial charge >= 0.3 is 5.97 Å². The number of carbonyl (C=O) groups is 2. The number of nitrogens with one attached hydrogen (secondary N) is 1. The van der Waals surface area contributed by atoms with Gasteiger partial charge < -0.3 is 9.84 Å². The lowest BCUT2D eigenvalue weighted by molar-refractivity contribution is 0.0690. The maximum Gasteiger partial charge on any atom is 0.354 e. The molecule has 21 heavy (non-hydrogen) atoms. The molecule has 0 saturated carbocycles. The number of nitrogens with zero attached hydrogens (tertiary/aromatic N) is 3. The van der Waals surface area contributed by atoms with Crippen LogP contribution in [0.25, 0.3) is 0 Å². The number of carboxylic acids is 1. The highest BCUT2D eigenvalue weighted by Crippen LogP contribution is 2.12. The molecule has 0 aliphatic heterocycles. The van der Waals surface area contributed by atoms with E-state index in [1.807, 2.05) is 0 Å². The van der Waals surface area contributed by atoms with Crippen LogP contribution in [0, 0.1) is 6.92 Å². The zero-order chi connectivity index (χ0) is 15.4. The molecule has 2 rings (SSSR count). The molecule has 2 aromatic rings. The van der Waals surface area contributed by atoms with Crippen molar-refractivity contribution in [1.29, 1.82) is 0 Å². The van der Waals surface area contributed by atoms with Gasteiger partial charge in [0.1, 0.15) is 5.69 Å². The van der Waals surface area contributed by atoms with E-state index in [2.05, 4.69) is 20.3 Å². The quantitative estimate of drug-likeness (QED) is 0.866. The monoisotopic (exact) mass is 288 g/mol. The van der Waals surface area contributed by atoms with Gasteiger partial charge in [0.05, 0.1) is 12.7 Å². The Kier molecular flexibility index (Phi) is 4.07. The molecule has 0 atom stereocenters. The first-order chi connectivity index (χ1) is 9.99. The predicted octanol–water partition coefficient (Wildman–Crippen LogP) is 1.14. The number of rotatable bonds is 4. The molecule has 0 aliphatic carbocycles. The van der Waals surface area contributed by atoms with Gasteiger partial charge in [-0.1, -0.05) is 0 Å². The highest BCUT2D eigenvalue weighted by molar-refractivity contribution is 6.03. The number of aromatic nitrogens is 3. The lowest BCUT2D eigenvalue weighted by Crippen LogP contribution is -2.15. The van der Waals surface area contributed by atoms with Crippen molar-refractivity contribution >= 4 is 17.8 Å². The van der Waals surface area contributed by atoms with Crippen molar-refractivity contribution in [1.82, 2.24) is 15.0 Å². The number of anilines is 1. The van der Waals surface area contributed by atoms with Crippen molar-refractivity contribution in [2.24, 2.45) is 0 Å². The summed E-state index contributed by atoms with van der Waals surface area (Å²) in [7, 11) is 1.46. The summed E-state index contributed by atoms with van der Waals surface area (Å²) < 4.78 is 4.99. The van der Waals surface area contributed by atoms with Gasteiger partial charge in [-0.25, -0.2) is 14.8 Å². The van der Waals surface area contributed by atoms with E-state index in [1.54, 1.807) is 13.0 Å². The maximum atomic E-state index is 12.0. The topological polar surface area (TPSA) is 114 Å². The van der Waals surface area contributed by atoms with Gasteiger partial charge in [0, 0.05) is 18.0 Å². The normalized spacial score (nSPS) is 10.0. The van der Waals surface area contributed by atoms with E-state index in [4.69, 9.17) is 9.84 Å². The Balaban J connectivity index is 2.17. The highest BCUT2D eigenvalue weighted by Gasteiger charge is 2.11. The molecule has 0 spiro atoms. The van der Waals surface area contributed by atoms with Gasteiger partial charge in [0.15, 0.2) is 0 Å². The van der Waals surface area contributed by atoms with Crippen molar-refractivity contribution in [3.05, 3.63) is 41.3 Å². The molecule has 2 N–H and O–H groups in total. The number of aromatic carboxylic acids is 1. The SMILES string of the molecule is COc1cc(C)nc(NC(=O)c2ccc(C(=O)O)nc2)n1. The van der Waals surface area contributed by atoms with Crippen molar-refractivity contribution in [3.63, 3.8) is 0 Å². The van der Waals surface area contributed by atoms with Gasteiger partial charge in [-0.15, -0.1) is 0 Å². The average molecular weight is 288 g/mol. The van der Waals surface area contributed by atoms with Crippen LogP contribution < -0.4 is 10.1 Å². The van der Waals surface area contributed by atoms with Crippen molar-refractivity contribution < 1.29 is 19.4 Å². The lowest BCUT2D eigenvalue weighted by atomic mass is 10.2. The summed E-state index contributed by atoms with van der Waals surface area (Å²) in [5, 5.41) is 11.2. The number of amides is 1. The summed E-state index contributed by atoms with van der Waals surface area (Å²) in [6.07, 6.45) is 1.17. The summed E-state index contributed by atoms with van der Waals surface area (Å²) in [6, 6.07) is 4.23. The summed E-state index contributed by atoms with van der Waals surface area (Å²) >= 11 is 0. The summed E-state index contributed by atoms with van der Waals surface area (Å²) in [6.45, 7) is 1.74. The molecule has 2 heterocycles. The van der Waals surface area contributed by atoms with Crippen LogP contribution in [0.15, 0.2) is 24.4 Å². The fourth-order valence-electron chi connectivity index (χ4n) is 1.53. The van der Waals surface area contributed by atoms with Crippen LogP contribution in [0.4, 0.5) is 5.95 Å². The number of hydrogen-bond acceptors (Lipinski definition) is 6. The van der Waals surface area contributed by atoms with Gasteiger partial charge in [-0.3, -0.25) is 10.1 Å². The van der Waals surface area contributed by atoms with E-state index in [1.165, 1.54) is 25.4 Å². The van der Waals surface area contributed by atoms with E-state index in [9.17, 15) is 9.59 Å². The highest BCUT2D eigenvalue weighted by atomic mass is 16.5. The standard InChI is InChI=1S/C13H12N4O4/c1-7-5-10(21-2)16-13(15-7)17-11(18)8-3-4-9(12(19)20)14-6-8/h3-6H,1-2H3,(H,19,20)(H,15,16,17,18). The molecule has 0 radical (unpaired) electrons. The minimum Gasteiger partial charge on any atom is -0.481 e. The van der Waals surface area contributed by atoms with Crippen LogP contribution in [0.2, 0.25) is 0 Å². The fourth-order valence-corrected chi connectivity index (χ4v) is 1.53. The number of carbonyl (C=O) groups excluding carboxylic acids is 1. The Bertz CT molecular complexity index is 685. The van der Waals surface area contributed by atoms with Gasteiger partial charge in [-0.2, -0.15) is 4.98 Å². The van der Waals surface area contributed by atoms with E-state index in [-0.39, 0.29) is 17.2 Å². The molecule has 1 amide bonds. The summed E-state index contributed by atoms with van der Waals surface area (Å²) in [5.41, 5.74) is 0.695. The number of carboxylic acid groups (broad SMARTS) is 1. The zero-order valence-electron chi connectivity index (χ0n) is 11.3. The Hall–Kier alpha value is -3.03. The first-order valence-electron chi connectivity index (χ1n) is 5.90. The Morgan fingerprint density at radius 1 is 1.29 bits per heavy atom. The van der Waals surface area contributed by atoms with E-state index in [0.717, 1.165) is 0 Å². The fraction of sp³-hybridized carbons (Fsp3) is 0.154. The maximum absolute atomic E-state index is 12.0. The van der Waals surface area contributed by atoms with Crippen LogP contribution in [-0.4, -0.2) is 39.0 Å². The molecule has 0 fully saturated rings. The zero-order valence-corrected chi connectivity index (χ0v) is 11.3. The van der Waals surface area contributed by atoms with Crippen LogP contribution in [0.1, 0.15) is 26.5 Å². The number of ether oxygens (including phenoxy) is 1. The third kappa shape index (κ3) is 3.50. The Morgan fingerprint density at radius 3 is 2.62 bits per heavy atom. The molecular weight excluding hydrogens is 276 g/mol. The number of aryl methyl sites for hydroxylation is 1. The van der Waals surface area contributed by atoms with Crippen molar-refractivity contribution in [3.8, 4) is 5.88 Å². The van der Waals surface area contributed by atoms with E-state index in [0.29, 0.717) is 11.6 Å². The lowest BCUT2D eigenvalue weighted by Gasteiger charge is -2.06. The van der Waals surface area contributed by atoms with Gasteiger partial charge in [0.25, 0.3) is 5.91 Å². The molecular formula is C13H12N4O4. The van der Waals surface area contributed by atoms with Crippen molar-refractivity contribution in [2.45, 2.75) is 6.92 Å². The molecule has 0 aliphatic rings. The molecule has 0 saturated heterocycles. The smallest absolute Gasteiger partial charge is 0.354 e. The van der Waals surface area contributed by atoms with Gasteiger partial charge in [-0.05, 0) is 19.1 Å². The van der Waals surface area contributed by atoms with Crippen LogP contribution >= 0.6 is 0 Å². The summed E-state index contributed by atoms with van der Waals surface area (Å²) in [5.74, 6) is -1.22. The first kappa shape index (κ1) is 14.4. The predicted molar refractivity (Wildman–Crippen MR) is 72.5 cm³/mol. The molecule has 8 heteroatoms. The second kappa shape index (κ2) is 5.95. The number of hydrogen-bond donors (Lipinski definition) is 2. The van der Waals surface area contributed by atoms with Gasteiger partial charge in [0.2, 0.25) is 11.8 Å². The third-order valence-corrected chi connectivity index (χ3v) is 2.51. The van der Waals surface area contributed by atoms with E-state index >= 15 is 0 Å². The molecule has 0 unspecified atom stereocenters. The Morgan fingerprint density at radius 2 is 2.05 bits per heavy atom. The minimum absolute atomic E-state index is 0.0964. The first-order valence-corrected chi connectivity index (χ1v) is 5.90. The second-order valence-corrected chi connectivity index (χ2v) is 4.07. The molecule has 8 nitrogen and oxygen atoms in total. The van der Waals surface area contributed by atoms with Crippen molar-refractivity contribution in [2.75, 3.05) is 12.4 Å². The molecule has 0 bridgehead atoms. The van der Waals surface area contributed by atoms with Crippen LogP contribution in [0.3, 0.4) is 0 Å². The number of methoxy groups -OCH3 is 1. The summed E-state index contributed by atoms with van der Waals surface area (Å²) in [4.78, 5) is 34.4. The second-order valence-electron chi connectivity index (χ2n) is 4.07. The third-order valence-electron chi connectivity index (χ3n) is 2.51. The van der Waals surface area contributed by atoms with Crippen LogP contribution in [0.5, 0.6) is 5.88 Å². The van der Waals surface area contributed by atoms with E-state index < -0.39 is 11.9 Å². The largest absolute Gasteiger partial charge is 0.481 e. The Labute approximate surface area is 119 Å². The minimum atomic E-state index is -1.16. The van der Waals surface area contributed by atoms with Crippen LogP contribution in [-0.2, 0) is 0 Å². The molecule has 108 valence electrons. The average Bonchev–Trinajstić information content (AvgIpc) is 2.46.